The molecule has 1 fully saturated rings. The summed E-state index contributed by atoms with van der Waals surface area (Å²) in [5.74, 6) is 0.914. The molecule has 1 atom stereocenters. The normalized spacial score (nSPS) is 16.4. The Morgan fingerprint density at radius 3 is 2.27 bits per heavy atom. The van der Waals surface area contributed by atoms with Gasteiger partial charge in [-0.2, -0.15) is 0 Å². The first-order chi connectivity index (χ1) is 10.8. The fraction of sp³-hybridized carbons (Fsp3) is 0.400. The molecule has 116 valence electrons. The van der Waals surface area contributed by atoms with E-state index in [-0.39, 0.29) is 0 Å². The van der Waals surface area contributed by atoms with E-state index in [4.69, 9.17) is 0 Å². The summed E-state index contributed by atoms with van der Waals surface area (Å²) in [4.78, 5) is 0. The highest BCUT2D eigenvalue weighted by Gasteiger charge is 2.18. The predicted molar refractivity (Wildman–Crippen MR) is 95.8 cm³/mol. The van der Waals surface area contributed by atoms with Crippen LogP contribution in [0.5, 0.6) is 0 Å². The number of nitrogens with one attached hydrogen (secondary N) is 2. The summed E-state index contributed by atoms with van der Waals surface area (Å²) in [5, 5.41) is 7.20. The van der Waals surface area contributed by atoms with Crippen LogP contribution in [0.3, 0.4) is 0 Å². The molecule has 22 heavy (non-hydrogen) atoms. The summed E-state index contributed by atoms with van der Waals surface area (Å²) < 4.78 is 0. The molecule has 1 unspecified atom stereocenters. The summed E-state index contributed by atoms with van der Waals surface area (Å²) in [6.45, 7) is 2.30. The van der Waals surface area contributed by atoms with Crippen molar-refractivity contribution in [3.63, 3.8) is 0 Å². The van der Waals surface area contributed by atoms with Gasteiger partial charge in [-0.3, -0.25) is 0 Å². The van der Waals surface area contributed by atoms with Crippen molar-refractivity contribution >= 4 is 17.1 Å². The first-order valence-corrected chi connectivity index (χ1v) is 8.49. The molecule has 0 spiro atoms. The molecule has 2 N–H and O–H groups in total. The number of para-hydroxylation sites is 3. The average molecular weight is 294 g/mol. The summed E-state index contributed by atoms with van der Waals surface area (Å²) >= 11 is 0. The minimum Gasteiger partial charge on any atom is -0.381 e. The zero-order valence-corrected chi connectivity index (χ0v) is 13.4. The smallest absolute Gasteiger partial charge is 0.0620 e. The van der Waals surface area contributed by atoms with E-state index in [1.165, 1.54) is 37.8 Å². The zero-order chi connectivity index (χ0) is 15.2. The van der Waals surface area contributed by atoms with Crippen molar-refractivity contribution in [2.75, 3.05) is 10.6 Å². The lowest BCUT2D eigenvalue weighted by Gasteiger charge is -2.21. The molecule has 0 saturated heterocycles. The zero-order valence-electron chi connectivity index (χ0n) is 13.4. The van der Waals surface area contributed by atoms with E-state index in [0.29, 0.717) is 6.04 Å². The molecule has 0 aliphatic heterocycles. The van der Waals surface area contributed by atoms with Crippen molar-refractivity contribution in [3.8, 4) is 0 Å². The van der Waals surface area contributed by atoms with Gasteiger partial charge < -0.3 is 10.6 Å². The molecule has 1 aliphatic rings. The first kappa shape index (κ1) is 15.0. The Kier molecular flexibility index (Phi) is 4.99. The maximum Gasteiger partial charge on any atom is 0.0620 e. The summed E-state index contributed by atoms with van der Waals surface area (Å²) in [6, 6.07) is 19.3. The highest BCUT2D eigenvalue weighted by atomic mass is 15.0. The fourth-order valence-corrected chi connectivity index (χ4v) is 3.47. The minimum atomic E-state index is 0.516. The molecule has 0 radical (unpaired) electrons. The van der Waals surface area contributed by atoms with Crippen molar-refractivity contribution in [1.82, 2.24) is 0 Å². The van der Waals surface area contributed by atoms with Crippen LogP contribution in [0.15, 0.2) is 54.6 Å². The number of hydrogen-bond acceptors (Lipinski definition) is 2. The third-order valence-electron chi connectivity index (χ3n) is 4.54. The molecule has 2 nitrogen and oxygen atoms in total. The van der Waals surface area contributed by atoms with E-state index in [9.17, 15) is 0 Å². The van der Waals surface area contributed by atoms with Gasteiger partial charge in [-0.25, -0.2) is 0 Å². The van der Waals surface area contributed by atoms with Crippen LogP contribution in [0, 0.1) is 5.92 Å². The van der Waals surface area contributed by atoms with Gasteiger partial charge in [0, 0.05) is 11.7 Å². The summed E-state index contributed by atoms with van der Waals surface area (Å²) in [7, 11) is 0. The minimum absolute atomic E-state index is 0.516. The van der Waals surface area contributed by atoms with Crippen molar-refractivity contribution in [2.45, 2.75) is 45.1 Å². The van der Waals surface area contributed by atoms with Crippen LogP contribution in [0.4, 0.5) is 17.1 Å². The highest BCUT2D eigenvalue weighted by Crippen LogP contribution is 2.31. The van der Waals surface area contributed by atoms with Gasteiger partial charge in [0.05, 0.1) is 11.4 Å². The second-order valence-electron chi connectivity index (χ2n) is 6.47. The molecule has 0 amide bonds. The van der Waals surface area contributed by atoms with Crippen LogP contribution in [-0.2, 0) is 0 Å². The van der Waals surface area contributed by atoms with Crippen molar-refractivity contribution in [1.29, 1.82) is 0 Å². The van der Waals surface area contributed by atoms with E-state index in [2.05, 4.69) is 66.1 Å². The Labute approximate surface area is 134 Å². The Hall–Kier alpha value is -1.96. The van der Waals surface area contributed by atoms with Crippen LogP contribution in [0.2, 0.25) is 0 Å². The largest absolute Gasteiger partial charge is 0.381 e. The van der Waals surface area contributed by atoms with Crippen LogP contribution in [-0.4, -0.2) is 6.04 Å². The molecule has 0 aromatic heterocycles. The molecule has 3 rings (SSSR count). The average Bonchev–Trinajstić information content (AvgIpc) is 3.03. The molecule has 2 aromatic rings. The number of benzene rings is 2. The van der Waals surface area contributed by atoms with Gasteiger partial charge in [0.1, 0.15) is 0 Å². The standard InChI is InChI=1S/C20H26N2/c1-16(15-17-9-5-6-10-17)21-19-13-7-8-14-20(19)22-18-11-3-2-4-12-18/h2-4,7-8,11-14,16-17,21-22H,5-6,9-10,15H2,1H3. The molecule has 2 heteroatoms. The predicted octanol–water partition coefficient (Wildman–Crippen LogP) is 5.81. The van der Waals surface area contributed by atoms with Crippen LogP contribution >= 0.6 is 0 Å². The van der Waals surface area contributed by atoms with Gasteiger partial charge in [-0.05, 0) is 43.5 Å². The molecule has 0 bridgehead atoms. The van der Waals surface area contributed by atoms with Crippen molar-refractivity contribution in [3.05, 3.63) is 54.6 Å². The topological polar surface area (TPSA) is 24.1 Å². The van der Waals surface area contributed by atoms with E-state index >= 15 is 0 Å². The van der Waals surface area contributed by atoms with Crippen LogP contribution < -0.4 is 10.6 Å². The molecular weight excluding hydrogens is 268 g/mol. The lowest BCUT2D eigenvalue weighted by Crippen LogP contribution is -2.19. The van der Waals surface area contributed by atoms with Crippen molar-refractivity contribution < 1.29 is 0 Å². The SMILES string of the molecule is CC(CC1CCCC1)Nc1ccccc1Nc1ccccc1. The Balaban J connectivity index is 1.65. The van der Waals surface area contributed by atoms with Crippen molar-refractivity contribution in [2.24, 2.45) is 5.92 Å². The fourth-order valence-electron chi connectivity index (χ4n) is 3.47. The Morgan fingerprint density at radius 2 is 1.55 bits per heavy atom. The first-order valence-electron chi connectivity index (χ1n) is 8.49. The van der Waals surface area contributed by atoms with Gasteiger partial charge >= 0.3 is 0 Å². The maximum atomic E-state index is 3.70. The molecule has 1 saturated carbocycles. The van der Waals surface area contributed by atoms with E-state index in [0.717, 1.165) is 17.3 Å². The lowest BCUT2D eigenvalue weighted by atomic mass is 9.99. The molecule has 1 aliphatic carbocycles. The quantitative estimate of drug-likeness (QED) is 0.702. The molecular formula is C20H26N2. The molecule has 0 heterocycles. The van der Waals surface area contributed by atoms with Crippen LogP contribution in [0.1, 0.15) is 39.0 Å². The third-order valence-corrected chi connectivity index (χ3v) is 4.54. The van der Waals surface area contributed by atoms with Gasteiger partial charge in [-0.15, -0.1) is 0 Å². The van der Waals surface area contributed by atoms with Gasteiger partial charge in [0.15, 0.2) is 0 Å². The number of rotatable bonds is 6. The summed E-state index contributed by atoms with van der Waals surface area (Å²) in [6.07, 6.45) is 6.94. The lowest BCUT2D eigenvalue weighted by molar-refractivity contribution is 0.472. The van der Waals surface area contributed by atoms with Crippen LogP contribution in [0.25, 0.3) is 0 Å². The van der Waals surface area contributed by atoms with E-state index in [1.807, 2.05) is 6.07 Å². The van der Waals surface area contributed by atoms with Gasteiger partial charge in [-0.1, -0.05) is 56.0 Å². The monoisotopic (exact) mass is 294 g/mol. The number of anilines is 3. The van der Waals surface area contributed by atoms with E-state index in [1.54, 1.807) is 0 Å². The molecule has 2 aromatic carbocycles. The van der Waals surface area contributed by atoms with Gasteiger partial charge in [0.2, 0.25) is 0 Å². The summed E-state index contributed by atoms with van der Waals surface area (Å²) in [5.41, 5.74) is 3.46. The maximum absolute atomic E-state index is 3.70. The third kappa shape index (κ3) is 4.03. The number of hydrogen-bond donors (Lipinski definition) is 2. The Bertz CT molecular complexity index is 573. The second-order valence-corrected chi connectivity index (χ2v) is 6.47. The highest BCUT2D eigenvalue weighted by molar-refractivity contribution is 5.74. The van der Waals surface area contributed by atoms with E-state index < -0.39 is 0 Å². The Morgan fingerprint density at radius 1 is 0.909 bits per heavy atom. The van der Waals surface area contributed by atoms with Gasteiger partial charge in [0.25, 0.3) is 0 Å². The second kappa shape index (κ2) is 7.35.